The number of amides is 1. The molecule has 2 atom stereocenters. The molecule has 0 aromatic carbocycles. The van der Waals surface area contributed by atoms with E-state index in [0.717, 1.165) is 5.57 Å². The Morgan fingerprint density at radius 2 is 2.19 bits per heavy atom. The molecule has 0 aromatic heterocycles. The van der Waals surface area contributed by atoms with Crippen molar-refractivity contribution in [1.29, 1.82) is 0 Å². The quantitative estimate of drug-likeness (QED) is 0.664. The van der Waals surface area contributed by atoms with E-state index in [2.05, 4.69) is 0 Å². The van der Waals surface area contributed by atoms with E-state index >= 15 is 0 Å². The Labute approximate surface area is 94.3 Å². The number of hydrogen-bond donors (Lipinski definition) is 1. The molecule has 2 fully saturated rings. The van der Waals surface area contributed by atoms with Crippen LogP contribution in [0, 0.1) is 11.8 Å². The van der Waals surface area contributed by atoms with Gasteiger partial charge in [0.15, 0.2) is 5.78 Å². The van der Waals surface area contributed by atoms with Gasteiger partial charge in [-0.2, -0.15) is 0 Å². The molecule has 2 aliphatic rings. The Kier molecular flexibility index (Phi) is 2.61. The van der Waals surface area contributed by atoms with Crippen molar-refractivity contribution in [2.75, 3.05) is 27.2 Å². The van der Waals surface area contributed by atoms with Gasteiger partial charge in [-0.25, -0.2) is 4.79 Å². The highest BCUT2D eigenvalue weighted by Crippen LogP contribution is 2.39. The normalized spacial score (nSPS) is 31.0. The van der Waals surface area contributed by atoms with Crippen LogP contribution in [0.25, 0.3) is 0 Å². The maximum Gasteiger partial charge on any atom is 0.407 e. The van der Waals surface area contributed by atoms with Gasteiger partial charge in [-0.15, -0.1) is 0 Å². The number of Topliss-reactive ketones (excluding diaryl/α,β-unsaturated/α-hetero) is 1. The molecule has 1 saturated carbocycles. The lowest BCUT2D eigenvalue weighted by Crippen LogP contribution is -2.28. The van der Waals surface area contributed by atoms with Gasteiger partial charge in [0.2, 0.25) is 0 Å². The summed E-state index contributed by atoms with van der Waals surface area (Å²) in [5.74, 6) is 0.467. The summed E-state index contributed by atoms with van der Waals surface area (Å²) in [7, 11) is 3.75. The molecule has 1 heterocycles. The maximum atomic E-state index is 11.7. The molecule has 88 valence electrons. The first kappa shape index (κ1) is 11.0. The van der Waals surface area contributed by atoms with Gasteiger partial charge in [-0.3, -0.25) is 4.79 Å². The van der Waals surface area contributed by atoms with Gasteiger partial charge in [0.1, 0.15) is 0 Å². The van der Waals surface area contributed by atoms with Gasteiger partial charge in [0.25, 0.3) is 0 Å². The Morgan fingerprint density at radius 1 is 1.50 bits per heavy atom. The highest BCUT2D eigenvalue weighted by atomic mass is 16.4. The standard InChI is InChI=1S/C11H16N2O3/c1-12(2)5-9-8-6-13(11(15)16)4-7(8)3-10(9)14/h5,7-8H,3-4,6H2,1-2H3,(H,15,16). The number of likely N-dealkylation sites (tertiary alicyclic amines) is 1. The summed E-state index contributed by atoms with van der Waals surface area (Å²) in [5, 5.41) is 8.91. The molecule has 1 aliphatic carbocycles. The van der Waals surface area contributed by atoms with Crippen molar-refractivity contribution >= 4 is 11.9 Å². The van der Waals surface area contributed by atoms with E-state index in [1.807, 2.05) is 25.2 Å². The smallest absolute Gasteiger partial charge is 0.407 e. The molecule has 1 saturated heterocycles. The number of ketones is 1. The summed E-state index contributed by atoms with van der Waals surface area (Å²) in [6.45, 7) is 0.960. The number of rotatable bonds is 1. The Hall–Kier alpha value is -1.52. The fraction of sp³-hybridized carbons (Fsp3) is 0.636. The third-order valence-electron chi connectivity index (χ3n) is 3.28. The van der Waals surface area contributed by atoms with E-state index < -0.39 is 6.09 Å². The van der Waals surface area contributed by atoms with Crippen LogP contribution >= 0.6 is 0 Å². The van der Waals surface area contributed by atoms with Gasteiger partial charge < -0.3 is 14.9 Å². The van der Waals surface area contributed by atoms with Gasteiger partial charge >= 0.3 is 6.09 Å². The molecule has 1 N–H and O–H groups in total. The van der Waals surface area contributed by atoms with Crippen LogP contribution in [0.1, 0.15) is 6.42 Å². The number of carbonyl (C=O) groups is 2. The molecule has 0 aromatic rings. The van der Waals surface area contributed by atoms with Gasteiger partial charge in [0.05, 0.1) is 0 Å². The topological polar surface area (TPSA) is 60.9 Å². The number of hydrogen-bond acceptors (Lipinski definition) is 3. The molecule has 16 heavy (non-hydrogen) atoms. The molecule has 0 radical (unpaired) electrons. The van der Waals surface area contributed by atoms with Crippen molar-refractivity contribution in [3.63, 3.8) is 0 Å². The lowest BCUT2D eigenvalue weighted by Gasteiger charge is -2.14. The monoisotopic (exact) mass is 224 g/mol. The fourth-order valence-electron chi connectivity index (χ4n) is 2.60. The van der Waals surface area contributed by atoms with Crippen LogP contribution in [0.5, 0.6) is 0 Å². The summed E-state index contributed by atoms with van der Waals surface area (Å²) in [4.78, 5) is 25.8. The third kappa shape index (κ3) is 1.77. The van der Waals surface area contributed by atoms with Crippen molar-refractivity contribution in [3.8, 4) is 0 Å². The third-order valence-corrected chi connectivity index (χ3v) is 3.28. The largest absolute Gasteiger partial charge is 0.465 e. The number of nitrogens with zero attached hydrogens (tertiary/aromatic N) is 2. The fourth-order valence-corrected chi connectivity index (χ4v) is 2.60. The second-order valence-electron chi connectivity index (χ2n) is 4.73. The minimum Gasteiger partial charge on any atom is -0.465 e. The highest BCUT2D eigenvalue weighted by molar-refractivity contribution is 5.98. The van der Waals surface area contributed by atoms with E-state index in [0.29, 0.717) is 19.5 Å². The molecule has 5 nitrogen and oxygen atoms in total. The van der Waals surface area contributed by atoms with E-state index in [-0.39, 0.29) is 17.6 Å². The van der Waals surface area contributed by atoms with E-state index in [9.17, 15) is 9.59 Å². The summed E-state index contributed by atoms with van der Waals surface area (Å²) < 4.78 is 0. The molecule has 2 unspecified atom stereocenters. The molecular formula is C11H16N2O3. The molecule has 5 heteroatoms. The SMILES string of the molecule is CN(C)C=C1C(=O)CC2CN(C(=O)O)CC12. The minimum absolute atomic E-state index is 0.103. The summed E-state index contributed by atoms with van der Waals surface area (Å²) in [5.41, 5.74) is 0.791. The number of carboxylic acid groups (broad SMARTS) is 1. The molecule has 0 spiro atoms. The van der Waals surface area contributed by atoms with Crippen LogP contribution in [-0.2, 0) is 4.79 Å². The number of fused-ring (bicyclic) bond motifs is 1. The van der Waals surface area contributed by atoms with Crippen molar-refractivity contribution in [1.82, 2.24) is 9.80 Å². The van der Waals surface area contributed by atoms with Crippen molar-refractivity contribution < 1.29 is 14.7 Å². The Morgan fingerprint density at radius 3 is 2.75 bits per heavy atom. The summed E-state index contributed by atoms with van der Waals surface area (Å²) in [6, 6.07) is 0. The first-order chi connectivity index (χ1) is 7.49. The Balaban J connectivity index is 2.18. The van der Waals surface area contributed by atoms with Gasteiger partial charge in [-0.1, -0.05) is 0 Å². The van der Waals surface area contributed by atoms with Crippen molar-refractivity contribution in [2.24, 2.45) is 11.8 Å². The molecular weight excluding hydrogens is 208 g/mol. The zero-order valence-corrected chi connectivity index (χ0v) is 9.51. The average Bonchev–Trinajstić information content (AvgIpc) is 2.67. The predicted molar refractivity (Wildman–Crippen MR) is 58.0 cm³/mol. The molecule has 2 rings (SSSR count). The number of carbonyl (C=O) groups excluding carboxylic acids is 1. The van der Waals surface area contributed by atoms with Crippen LogP contribution in [-0.4, -0.2) is 54.0 Å². The highest BCUT2D eigenvalue weighted by Gasteiger charge is 2.45. The lowest BCUT2D eigenvalue weighted by atomic mass is 9.98. The first-order valence-electron chi connectivity index (χ1n) is 5.38. The van der Waals surface area contributed by atoms with E-state index in [4.69, 9.17) is 5.11 Å². The molecule has 1 aliphatic heterocycles. The molecule has 1 amide bonds. The lowest BCUT2D eigenvalue weighted by molar-refractivity contribution is -0.115. The zero-order chi connectivity index (χ0) is 11.9. The average molecular weight is 224 g/mol. The second kappa shape index (κ2) is 3.81. The zero-order valence-electron chi connectivity index (χ0n) is 9.51. The van der Waals surface area contributed by atoms with Crippen LogP contribution in [0.2, 0.25) is 0 Å². The maximum absolute atomic E-state index is 11.7. The molecule has 0 bridgehead atoms. The van der Waals surface area contributed by atoms with Crippen molar-refractivity contribution in [3.05, 3.63) is 11.8 Å². The minimum atomic E-state index is -0.883. The van der Waals surface area contributed by atoms with Crippen LogP contribution in [0.15, 0.2) is 11.8 Å². The second-order valence-corrected chi connectivity index (χ2v) is 4.73. The predicted octanol–water partition coefficient (Wildman–Crippen LogP) is 0.631. The summed E-state index contributed by atoms with van der Waals surface area (Å²) in [6.07, 6.45) is 1.44. The van der Waals surface area contributed by atoms with Gasteiger partial charge in [-0.05, 0) is 5.92 Å². The summed E-state index contributed by atoms with van der Waals surface area (Å²) >= 11 is 0. The van der Waals surface area contributed by atoms with E-state index in [1.165, 1.54) is 4.90 Å². The van der Waals surface area contributed by atoms with Crippen LogP contribution < -0.4 is 0 Å². The van der Waals surface area contributed by atoms with Crippen LogP contribution in [0.3, 0.4) is 0 Å². The Bertz CT molecular complexity index is 362. The first-order valence-corrected chi connectivity index (χ1v) is 5.38. The van der Waals surface area contributed by atoms with Crippen LogP contribution in [0.4, 0.5) is 4.79 Å². The van der Waals surface area contributed by atoms with Crippen molar-refractivity contribution in [2.45, 2.75) is 6.42 Å². The van der Waals surface area contributed by atoms with Gasteiger partial charge in [0, 0.05) is 51.3 Å². The van der Waals surface area contributed by atoms with E-state index in [1.54, 1.807) is 0 Å².